The molecule has 3 atom stereocenters. The van der Waals surface area contributed by atoms with Crippen molar-refractivity contribution in [3.8, 4) is 6.07 Å². The van der Waals surface area contributed by atoms with Gasteiger partial charge >= 0.3 is 0 Å². The van der Waals surface area contributed by atoms with E-state index in [0.29, 0.717) is 5.92 Å². The van der Waals surface area contributed by atoms with Gasteiger partial charge in [0, 0.05) is 0 Å². The van der Waals surface area contributed by atoms with Crippen molar-refractivity contribution in [2.45, 2.75) is 77.1 Å². The molecular formula is C14H25NO2. The normalized spacial score (nSPS) is 24.1. The average Bonchev–Trinajstić information content (AvgIpc) is 2.25. The van der Waals surface area contributed by atoms with Crippen LogP contribution in [0, 0.1) is 17.2 Å². The summed E-state index contributed by atoms with van der Waals surface area (Å²) in [4.78, 5) is 0. The fourth-order valence-corrected chi connectivity index (χ4v) is 2.38. The number of rotatable bonds is 4. The molecule has 98 valence electrons. The summed E-state index contributed by atoms with van der Waals surface area (Å²) >= 11 is 0. The average molecular weight is 239 g/mol. The molecule has 0 aromatic carbocycles. The molecule has 0 aliphatic heterocycles. The zero-order valence-corrected chi connectivity index (χ0v) is 11.1. The Morgan fingerprint density at radius 2 is 1.65 bits per heavy atom. The zero-order valence-electron chi connectivity index (χ0n) is 11.1. The highest BCUT2D eigenvalue weighted by molar-refractivity contribution is 4.91. The van der Waals surface area contributed by atoms with Gasteiger partial charge in [-0.25, -0.2) is 0 Å². The molecule has 1 aliphatic carbocycles. The van der Waals surface area contributed by atoms with Crippen molar-refractivity contribution in [1.29, 1.82) is 5.26 Å². The third kappa shape index (κ3) is 5.06. The summed E-state index contributed by atoms with van der Waals surface area (Å²) < 4.78 is 5.69. The fraction of sp³-hybridized carbons (Fsp3) is 0.929. The number of hydrogen-bond acceptors (Lipinski definition) is 3. The molecule has 0 radical (unpaired) electrons. The third-order valence-electron chi connectivity index (χ3n) is 3.75. The first kappa shape index (κ1) is 14.5. The van der Waals surface area contributed by atoms with Gasteiger partial charge in [0.05, 0.1) is 18.3 Å². The molecule has 0 aromatic heterocycles. The Balaban J connectivity index is 2.49. The maximum Gasteiger partial charge on any atom is 0.147 e. The van der Waals surface area contributed by atoms with Crippen LogP contribution in [0.5, 0.6) is 0 Å². The Bertz CT molecular complexity index is 239. The maximum atomic E-state index is 9.43. The Labute approximate surface area is 105 Å². The van der Waals surface area contributed by atoms with Gasteiger partial charge in [-0.3, -0.25) is 0 Å². The lowest BCUT2D eigenvalue weighted by molar-refractivity contribution is -0.0631. The lowest BCUT2D eigenvalue weighted by atomic mass is 9.87. The molecule has 0 amide bonds. The summed E-state index contributed by atoms with van der Waals surface area (Å²) in [5.41, 5.74) is 0. The van der Waals surface area contributed by atoms with E-state index in [9.17, 15) is 10.4 Å². The first-order chi connectivity index (χ1) is 8.15. The fourth-order valence-electron chi connectivity index (χ4n) is 2.38. The topological polar surface area (TPSA) is 53.2 Å². The van der Waals surface area contributed by atoms with Crippen LogP contribution in [0.1, 0.15) is 58.8 Å². The van der Waals surface area contributed by atoms with Gasteiger partial charge in [0.1, 0.15) is 6.10 Å². The Kier molecular flexibility index (Phi) is 6.54. The van der Waals surface area contributed by atoms with Gasteiger partial charge in [0.15, 0.2) is 0 Å². The molecule has 0 spiro atoms. The van der Waals surface area contributed by atoms with Gasteiger partial charge in [-0.2, -0.15) is 5.26 Å². The van der Waals surface area contributed by atoms with Crippen LogP contribution in [0.15, 0.2) is 0 Å². The molecular weight excluding hydrogens is 214 g/mol. The molecule has 0 aromatic rings. The van der Waals surface area contributed by atoms with Crippen molar-refractivity contribution < 1.29 is 9.84 Å². The quantitative estimate of drug-likeness (QED) is 0.820. The number of nitriles is 1. The summed E-state index contributed by atoms with van der Waals surface area (Å²) in [5, 5.41) is 18.6. The summed E-state index contributed by atoms with van der Waals surface area (Å²) in [6.45, 7) is 3.54. The van der Waals surface area contributed by atoms with Gasteiger partial charge < -0.3 is 9.84 Å². The van der Waals surface area contributed by atoms with Crippen molar-refractivity contribution in [2.75, 3.05) is 0 Å². The summed E-state index contributed by atoms with van der Waals surface area (Å²) in [7, 11) is 0. The summed E-state index contributed by atoms with van der Waals surface area (Å²) in [5.74, 6) is 0.349. The highest BCUT2D eigenvalue weighted by Gasteiger charge is 2.25. The highest BCUT2D eigenvalue weighted by Crippen LogP contribution is 2.27. The molecule has 17 heavy (non-hydrogen) atoms. The maximum absolute atomic E-state index is 9.43. The monoisotopic (exact) mass is 239 g/mol. The van der Waals surface area contributed by atoms with E-state index in [1.54, 1.807) is 6.92 Å². The van der Waals surface area contributed by atoms with E-state index < -0.39 is 6.10 Å². The summed E-state index contributed by atoms with van der Waals surface area (Å²) in [6.07, 6.45) is 7.35. The van der Waals surface area contributed by atoms with Crippen molar-refractivity contribution in [3.05, 3.63) is 0 Å². The molecule has 1 fully saturated rings. The molecule has 3 nitrogen and oxygen atoms in total. The Hall–Kier alpha value is -0.590. The predicted molar refractivity (Wildman–Crippen MR) is 67.4 cm³/mol. The van der Waals surface area contributed by atoms with Crippen molar-refractivity contribution in [3.63, 3.8) is 0 Å². The van der Waals surface area contributed by atoms with Crippen LogP contribution < -0.4 is 0 Å². The number of ether oxygens (including phenoxy) is 1. The van der Waals surface area contributed by atoms with Crippen LogP contribution in [0.2, 0.25) is 0 Å². The lowest BCUT2D eigenvalue weighted by Gasteiger charge is -2.27. The van der Waals surface area contributed by atoms with Crippen LogP contribution >= 0.6 is 0 Å². The predicted octanol–water partition coefficient (Wildman–Crippen LogP) is 3.02. The molecule has 0 heterocycles. The van der Waals surface area contributed by atoms with E-state index >= 15 is 0 Å². The van der Waals surface area contributed by atoms with E-state index in [1.807, 2.05) is 6.92 Å². The van der Waals surface area contributed by atoms with E-state index in [0.717, 1.165) is 12.8 Å². The second-order valence-corrected chi connectivity index (χ2v) is 5.24. The number of nitrogens with zero attached hydrogens (tertiary/aromatic N) is 1. The van der Waals surface area contributed by atoms with E-state index in [2.05, 4.69) is 6.07 Å². The number of aliphatic hydroxyl groups is 1. The van der Waals surface area contributed by atoms with Gasteiger partial charge in [-0.05, 0) is 32.6 Å². The first-order valence-electron chi connectivity index (χ1n) is 6.88. The second kappa shape index (κ2) is 7.68. The number of hydrogen-bond donors (Lipinski definition) is 1. The van der Waals surface area contributed by atoms with E-state index in [4.69, 9.17) is 4.74 Å². The smallest absolute Gasteiger partial charge is 0.147 e. The van der Waals surface area contributed by atoms with E-state index in [-0.39, 0.29) is 12.2 Å². The van der Waals surface area contributed by atoms with Crippen LogP contribution in [-0.4, -0.2) is 23.4 Å². The minimum absolute atomic E-state index is 0.259. The molecule has 3 heteroatoms. The zero-order chi connectivity index (χ0) is 12.7. The minimum atomic E-state index is -0.514. The van der Waals surface area contributed by atoms with Crippen LogP contribution in [-0.2, 0) is 4.74 Å². The molecule has 1 N–H and O–H groups in total. The SMILES string of the molecule is CC(O)C(C)OC(C#N)C1CCCCCCC1. The molecule has 3 unspecified atom stereocenters. The first-order valence-corrected chi connectivity index (χ1v) is 6.88. The van der Waals surface area contributed by atoms with Crippen molar-refractivity contribution >= 4 is 0 Å². The largest absolute Gasteiger partial charge is 0.391 e. The molecule has 0 saturated heterocycles. The van der Waals surface area contributed by atoms with Crippen LogP contribution in [0.4, 0.5) is 0 Å². The lowest BCUT2D eigenvalue weighted by Crippen LogP contribution is -2.32. The summed E-state index contributed by atoms with van der Waals surface area (Å²) in [6, 6.07) is 2.27. The third-order valence-corrected chi connectivity index (χ3v) is 3.75. The van der Waals surface area contributed by atoms with Gasteiger partial charge in [0.25, 0.3) is 0 Å². The van der Waals surface area contributed by atoms with Crippen molar-refractivity contribution in [1.82, 2.24) is 0 Å². The molecule has 1 saturated carbocycles. The molecule has 0 bridgehead atoms. The van der Waals surface area contributed by atoms with E-state index in [1.165, 1.54) is 32.1 Å². The molecule has 1 rings (SSSR count). The highest BCUT2D eigenvalue weighted by atomic mass is 16.5. The van der Waals surface area contributed by atoms with Gasteiger partial charge in [-0.1, -0.05) is 32.1 Å². The standard InChI is InChI=1S/C14H25NO2/c1-11(16)12(2)17-14(10-15)13-8-6-4-3-5-7-9-13/h11-14,16H,3-9H2,1-2H3. The molecule has 1 aliphatic rings. The van der Waals surface area contributed by atoms with Gasteiger partial charge in [0.2, 0.25) is 0 Å². The Morgan fingerprint density at radius 1 is 1.12 bits per heavy atom. The van der Waals surface area contributed by atoms with Crippen LogP contribution in [0.3, 0.4) is 0 Å². The van der Waals surface area contributed by atoms with Crippen molar-refractivity contribution in [2.24, 2.45) is 5.92 Å². The second-order valence-electron chi connectivity index (χ2n) is 5.24. The van der Waals surface area contributed by atoms with Crippen LogP contribution in [0.25, 0.3) is 0 Å². The minimum Gasteiger partial charge on any atom is -0.391 e. The van der Waals surface area contributed by atoms with Gasteiger partial charge in [-0.15, -0.1) is 0 Å². The number of aliphatic hydroxyl groups excluding tert-OH is 1. The Morgan fingerprint density at radius 3 is 2.12 bits per heavy atom.